The maximum absolute atomic E-state index is 11.6. The molecule has 0 radical (unpaired) electrons. The van der Waals surface area contributed by atoms with Gasteiger partial charge in [-0.25, -0.2) is 0 Å². The fraction of sp³-hybridized carbons (Fsp3) is 0.154. The highest BCUT2D eigenvalue weighted by Gasteiger charge is 2.09. The molecule has 0 unspecified atom stereocenters. The van der Waals surface area contributed by atoms with Gasteiger partial charge < -0.3 is 14.6 Å². The van der Waals surface area contributed by atoms with E-state index in [0.717, 1.165) is 0 Å². The van der Waals surface area contributed by atoms with Crippen molar-refractivity contribution < 1.29 is 14.1 Å². The van der Waals surface area contributed by atoms with Crippen molar-refractivity contribution in [3.05, 3.63) is 40.6 Å². The van der Waals surface area contributed by atoms with E-state index in [4.69, 9.17) is 26.1 Å². The zero-order valence-electron chi connectivity index (χ0n) is 10.5. The van der Waals surface area contributed by atoms with Gasteiger partial charge in [0, 0.05) is 6.07 Å². The molecule has 1 heterocycles. The summed E-state index contributed by atoms with van der Waals surface area (Å²) in [5, 5.41) is 15.1. The van der Waals surface area contributed by atoms with E-state index in [1.807, 2.05) is 6.07 Å². The van der Waals surface area contributed by atoms with Gasteiger partial charge >= 0.3 is 0 Å². The summed E-state index contributed by atoms with van der Waals surface area (Å²) in [7, 11) is 0. The molecule has 0 saturated carbocycles. The molecule has 6 nitrogen and oxygen atoms in total. The van der Waals surface area contributed by atoms with E-state index in [-0.39, 0.29) is 11.6 Å². The molecule has 0 atom stereocenters. The molecule has 0 spiro atoms. The highest BCUT2D eigenvalue weighted by atomic mass is 35.5. The summed E-state index contributed by atoms with van der Waals surface area (Å²) in [5.74, 6) is 0.856. The minimum absolute atomic E-state index is 0.225. The third-order valence-corrected chi connectivity index (χ3v) is 2.61. The predicted molar refractivity (Wildman–Crippen MR) is 71.5 cm³/mol. The second-order valence-electron chi connectivity index (χ2n) is 3.92. The van der Waals surface area contributed by atoms with Crippen molar-refractivity contribution in [1.29, 1.82) is 5.26 Å². The molecule has 1 aromatic carbocycles. The number of carbonyl (C=O) groups excluding carboxylic acids is 1. The lowest BCUT2D eigenvalue weighted by Crippen LogP contribution is -2.20. The molecule has 0 fully saturated rings. The Bertz CT molecular complexity index is 676. The Balaban J connectivity index is 1.92. The van der Waals surface area contributed by atoms with Gasteiger partial charge in [-0.15, -0.1) is 0 Å². The Kier molecular flexibility index (Phi) is 4.23. The molecule has 0 aliphatic heterocycles. The van der Waals surface area contributed by atoms with E-state index in [1.54, 1.807) is 19.1 Å². The third-order valence-electron chi connectivity index (χ3n) is 2.32. The first kappa shape index (κ1) is 13.9. The number of hydrogen-bond donors (Lipinski definition) is 1. The maximum Gasteiger partial charge on any atom is 0.263 e. The quantitative estimate of drug-likeness (QED) is 0.935. The van der Waals surface area contributed by atoms with Gasteiger partial charge in [0.1, 0.15) is 11.5 Å². The van der Waals surface area contributed by atoms with Gasteiger partial charge in [-0.05, 0) is 25.1 Å². The third kappa shape index (κ3) is 3.49. The maximum atomic E-state index is 11.6. The van der Waals surface area contributed by atoms with Crippen molar-refractivity contribution in [3.8, 4) is 11.8 Å². The molecule has 20 heavy (non-hydrogen) atoms. The number of nitriles is 1. The highest BCUT2D eigenvalue weighted by molar-refractivity contribution is 6.32. The Morgan fingerprint density at radius 1 is 1.55 bits per heavy atom. The van der Waals surface area contributed by atoms with E-state index in [9.17, 15) is 4.79 Å². The number of halogens is 1. The van der Waals surface area contributed by atoms with Crippen LogP contribution in [0.4, 0.5) is 5.82 Å². The predicted octanol–water partition coefficient (Wildman–Crippen LogP) is 2.53. The molecule has 1 N–H and O–H groups in total. The monoisotopic (exact) mass is 291 g/mol. The van der Waals surface area contributed by atoms with Crippen LogP contribution in [0.25, 0.3) is 0 Å². The topological polar surface area (TPSA) is 88.1 Å². The molecule has 2 rings (SSSR count). The SMILES string of the molecule is Cc1cc(NC(=O)COc2ccc(C#N)cc2Cl)no1. The lowest BCUT2D eigenvalue weighted by molar-refractivity contribution is -0.118. The van der Waals surface area contributed by atoms with Gasteiger partial charge in [0.25, 0.3) is 5.91 Å². The number of anilines is 1. The number of aryl methyl sites for hydroxylation is 1. The van der Waals surface area contributed by atoms with Crippen LogP contribution in [0.2, 0.25) is 5.02 Å². The summed E-state index contributed by atoms with van der Waals surface area (Å²) >= 11 is 5.92. The number of benzene rings is 1. The number of aromatic nitrogens is 1. The van der Waals surface area contributed by atoms with Gasteiger partial charge in [-0.2, -0.15) is 5.26 Å². The van der Waals surface area contributed by atoms with Crippen LogP contribution in [0.3, 0.4) is 0 Å². The van der Waals surface area contributed by atoms with Crippen LogP contribution in [-0.4, -0.2) is 17.7 Å². The first-order valence-electron chi connectivity index (χ1n) is 5.64. The average Bonchev–Trinajstić information content (AvgIpc) is 2.82. The number of nitrogens with one attached hydrogen (secondary N) is 1. The minimum Gasteiger partial charge on any atom is -0.482 e. The number of amides is 1. The Morgan fingerprint density at radius 3 is 2.95 bits per heavy atom. The van der Waals surface area contributed by atoms with Gasteiger partial charge in [0.05, 0.1) is 16.7 Å². The molecule has 102 valence electrons. The van der Waals surface area contributed by atoms with Crippen LogP contribution in [0.5, 0.6) is 5.75 Å². The summed E-state index contributed by atoms with van der Waals surface area (Å²) in [6, 6.07) is 8.11. The number of ether oxygens (including phenoxy) is 1. The molecule has 0 aliphatic rings. The van der Waals surface area contributed by atoms with Crippen molar-refractivity contribution >= 4 is 23.3 Å². The van der Waals surface area contributed by atoms with E-state index >= 15 is 0 Å². The molecular formula is C13H10ClN3O3. The fourth-order valence-electron chi connectivity index (χ4n) is 1.43. The minimum atomic E-state index is -0.390. The van der Waals surface area contributed by atoms with Gasteiger partial charge in [-0.1, -0.05) is 16.8 Å². The van der Waals surface area contributed by atoms with E-state index in [0.29, 0.717) is 22.9 Å². The molecule has 0 saturated heterocycles. The second kappa shape index (κ2) is 6.08. The van der Waals surface area contributed by atoms with E-state index in [1.165, 1.54) is 12.1 Å². The van der Waals surface area contributed by atoms with Crippen LogP contribution < -0.4 is 10.1 Å². The molecule has 1 aromatic heterocycles. The number of hydrogen-bond acceptors (Lipinski definition) is 5. The van der Waals surface area contributed by atoms with Gasteiger partial charge in [-0.3, -0.25) is 4.79 Å². The largest absolute Gasteiger partial charge is 0.482 e. The molecule has 0 bridgehead atoms. The summed E-state index contributed by atoms with van der Waals surface area (Å²) in [6.45, 7) is 1.49. The summed E-state index contributed by atoms with van der Waals surface area (Å²) < 4.78 is 10.1. The smallest absolute Gasteiger partial charge is 0.263 e. The number of rotatable bonds is 4. The first-order chi connectivity index (χ1) is 9.58. The van der Waals surface area contributed by atoms with E-state index in [2.05, 4.69) is 10.5 Å². The zero-order chi connectivity index (χ0) is 14.5. The van der Waals surface area contributed by atoms with Crippen LogP contribution in [0.15, 0.2) is 28.8 Å². The first-order valence-corrected chi connectivity index (χ1v) is 6.02. The zero-order valence-corrected chi connectivity index (χ0v) is 11.3. The Labute approximate surface area is 119 Å². The van der Waals surface area contributed by atoms with Crippen molar-refractivity contribution in [2.24, 2.45) is 0 Å². The molecule has 0 aliphatic carbocycles. The van der Waals surface area contributed by atoms with Crippen LogP contribution >= 0.6 is 11.6 Å². The van der Waals surface area contributed by atoms with Crippen LogP contribution in [0, 0.1) is 18.3 Å². The van der Waals surface area contributed by atoms with E-state index < -0.39 is 5.91 Å². The van der Waals surface area contributed by atoms with Crippen LogP contribution in [0.1, 0.15) is 11.3 Å². The molecule has 7 heteroatoms. The number of carbonyl (C=O) groups is 1. The summed E-state index contributed by atoms with van der Waals surface area (Å²) in [6.07, 6.45) is 0. The normalized spacial score (nSPS) is 9.85. The average molecular weight is 292 g/mol. The highest BCUT2D eigenvalue weighted by Crippen LogP contribution is 2.25. The second-order valence-corrected chi connectivity index (χ2v) is 4.32. The van der Waals surface area contributed by atoms with Gasteiger partial charge in [0.15, 0.2) is 12.4 Å². The standard InChI is InChI=1S/C13H10ClN3O3/c1-8-4-12(17-20-8)16-13(18)7-19-11-3-2-9(6-15)5-10(11)14/h2-5H,7H2,1H3,(H,16,17,18). The number of nitrogens with zero attached hydrogens (tertiary/aromatic N) is 2. The van der Waals surface area contributed by atoms with Crippen molar-refractivity contribution in [3.63, 3.8) is 0 Å². The van der Waals surface area contributed by atoms with Gasteiger partial charge in [0.2, 0.25) is 0 Å². The summed E-state index contributed by atoms with van der Waals surface area (Å²) in [4.78, 5) is 11.6. The summed E-state index contributed by atoms with van der Waals surface area (Å²) in [5.41, 5.74) is 0.421. The fourth-order valence-corrected chi connectivity index (χ4v) is 1.67. The van der Waals surface area contributed by atoms with Crippen molar-refractivity contribution in [2.75, 3.05) is 11.9 Å². The Morgan fingerprint density at radius 2 is 2.35 bits per heavy atom. The molecule has 1 amide bonds. The van der Waals surface area contributed by atoms with Crippen molar-refractivity contribution in [1.82, 2.24) is 5.16 Å². The lowest BCUT2D eigenvalue weighted by Gasteiger charge is -2.07. The molecular weight excluding hydrogens is 282 g/mol. The lowest BCUT2D eigenvalue weighted by atomic mass is 10.2. The van der Waals surface area contributed by atoms with Crippen LogP contribution in [-0.2, 0) is 4.79 Å². The Hall–Kier alpha value is -2.52. The van der Waals surface area contributed by atoms with Crippen molar-refractivity contribution in [2.45, 2.75) is 6.92 Å². The molecule has 2 aromatic rings.